The zero-order valence-corrected chi connectivity index (χ0v) is 19.9. The number of nitrogens with zero attached hydrogens (tertiary/aromatic N) is 4. The molecule has 0 radical (unpaired) electrons. The van der Waals surface area contributed by atoms with Gasteiger partial charge in [0.2, 0.25) is 5.82 Å². The van der Waals surface area contributed by atoms with E-state index in [4.69, 9.17) is 0 Å². The topological polar surface area (TPSA) is 101 Å². The zero-order chi connectivity index (χ0) is 23.9. The van der Waals surface area contributed by atoms with Gasteiger partial charge in [0, 0.05) is 25.0 Å². The maximum Gasteiger partial charge on any atom is 0.257 e. The van der Waals surface area contributed by atoms with Gasteiger partial charge in [-0.25, -0.2) is 4.68 Å². The number of pyridine rings is 1. The first-order valence-corrected chi connectivity index (χ1v) is 12.0. The molecular weight excluding hydrogens is 428 g/mol. The summed E-state index contributed by atoms with van der Waals surface area (Å²) in [4.78, 5) is 17.1. The zero-order valence-electron chi connectivity index (χ0n) is 19.9. The van der Waals surface area contributed by atoms with Crippen LogP contribution in [0.1, 0.15) is 54.7 Å². The fraction of sp³-hybridized carbons (Fsp3) is 0.385. The average Bonchev–Trinajstić information content (AvgIpc) is 3.29. The van der Waals surface area contributed by atoms with Crippen molar-refractivity contribution in [1.82, 2.24) is 25.2 Å². The number of tetrazole rings is 1. The SMILES string of the molecule is CCCC(c1nnnn1Cc1ccccc1)[NH+](CCCO)Cc1cc2cc(C)ccc2[nH]c1=O. The number of hydrogen-bond donors (Lipinski definition) is 3. The van der Waals surface area contributed by atoms with Crippen LogP contribution in [0.2, 0.25) is 0 Å². The smallest absolute Gasteiger partial charge is 0.257 e. The van der Waals surface area contributed by atoms with Crippen molar-refractivity contribution in [2.75, 3.05) is 13.2 Å². The summed E-state index contributed by atoms with van der Waals surface area (Å²) in [6, 6.07) is 18.2. The number of aliphatic hydroxyl groups excluding tert-OH is 1. The van der Waals surface area contributed by atoms with Crippen molar-refractivity contribution in [3.05, 3.63) is 87.5 Å². The van der Waals surface area contributed by atoms with Gasteiger partial charge < -0.3 is 15.0 Å². The number of benzene rings is 2. The number of nitrogens with one attached hydrogen (secondary N) is 2. The predicted octanol–water partition coefficient (Wildman–Crippen LogP) is 2.18. The van der Waals surface area contributed by atoms with Crippen LogP contribution < -0.4 is 10.5 Å². The second-order valence-electron chi connectivity index (χ2n) is 8.90. The third-order valence-corrected chi connectivity index (χ3v) is 6.27. The lowest BCUT2D eigenvalue weighted by Gasteiger charge is -2.27. The summed E-state index contributed by atoms with van der Waals surface area (Å²) in [6.45, 7) is 6.13. The van der Waals surface area contributed by atoms with Gasteiger partial charge in [-0.2, -0.15) is 0 Å². The van der Waals surface area contributed by atoms with Gasteiger partial charge in [-0.1, -0.05) is 55.3 Å². The molecular formula is C26H33N6O2+. The summed E-state index contributed by atoms with van der Waals surface area (Å²) in [7, 11) is 0. The molecule has 178 valence electrons. The molecule has 3 N–H and O–H groups in total. The second-order valence-corrected chi connectivity index (χ2v) is 8.90. The number of H-pyrrole nitrogens is 1. The summed E-state index contributed by atoms with van der Waals surface area (Å²) in [5.74, 6) is 0.812. The summed E-state index contributed by atoms with van der Waals surface area (Å²) in [6.07, 6.45) is 2.47. The Labute approximate surface area is 199 Å². The molecule has 2 aromatic carbocycles. The summed E-state index contributed by atoms with van der Waals surface area (Å²) >= 11 is 0. The largest absolute Gasteiger partial charge is 0.396 e. The lowest BCUT2D eigenvalue weighted by Crippen LogP contribution is -3.11. The first kappa shape index (κ1) is 23.8. The van der Waals surface area contributed by atoms with E-state index in [-0.39, 0.29) is 18.2 Å². The van der Waals surface area contributed by atoms with E-state index in [2.05, 4.69) is 45.6 Å². The number of fused-ring (bicyclic) bond motifs is 1. The van der Waals surface area contributed by atoms with Crippen LogP contribution in [-0.4, -0.2) is 43.4 Å². The second kappa shape index (κ2) is 11.2. The standard InChI is InChI=1S/C26H32N6O2/c1-3-8-24(25-28-29-30-32(25)17-20-9-5-4-6-10-20)31(13-7-14-33)18-22-16-21-15-19(2)11-12-23(21)27-26(22)34/h4-6,9-12,15-16,24,33H,3,7-8,13-14,17-18H2,1-2H3,(H,27,34)/p+1. The Morgan fingerprint density at radius 3 is 2.74 bits per heavy atom. The Morgan fingerprint density at radius 1 is 1.15 bits per heavy atom. The number of aryl methyl sites for hydroxylation is 1. The van der Waals surface area contributed by atoms with Gasteiger partial charge in [-0.3, -0.25) is 4.79 Å². The molecule has 0 aliphatic carbocycles. The van der Waals surface area contributed by atoms with Crippen molar-refractivity contribution in [2.24, 2.45) is 0 Å². The van der Waals surface area contributed by atoms with Gasteiger partial charge in [0.15, 0.2) is 0 Å². The predicted molar refractivity (Wildman–Crippen MR) is 132 cm³/mol. The van der Waals surface area contributed by atoms with Crippen molar-refractivity contribution in [2.45, 2.75) is 52.2 Å². The molecule has 0 saturated carbocycles. The van der Waals surface area contributed by atoms with Gasteiger partial charge in [0.1, 0.15) is 12.6 Å². The van der Waals surface area contributed by atoms with Gasteiger partial charge in [-0.05, 0) is 46.5 Å². The fourth-order valence-electron chi connectivity index (χ4n) is 4.57. The highest BCUT2D eigenvalue weighted by atomic mass is 16.3. The minimum atomic E-state index is -0.0722. The minimum absolute atomic E-state index is 0.00266. The minimum Gasteiger partial charge on any atom is -0.396 e. The van der Waals surface area contributed by atoms with Gasteiger partial charge >= 0.3 is 0 Å². The third-order valence-electron chi connectivity index (χ3n) is 6.27. The number of hydrogen-bond acceptors (Lipinski definition) is 5. The monoisotopic (exact) mass is 461 g/mol. The van der Waals surface area contributed by atoms with E-state index in [0.717, 1.165) is 46.3 Å². The summed E-state index contributed by atoms with van der Waals surface area (Å²) in [5.41, 5.74) is 3.78. The fourth-order valence-corrected chi connectivity index (χ4v) is 4.57. The highest BCUT2D eigenvalue weighted by Crippen LogP contribution is 2.16. The van der Waals surface area contributed by atoms with E-state index in [0.29, 0.717) is 26.1 Å². The third kappa shape index (κ3) is 5.58. The summed E-state index contributed by atoms with van der Waals surface area (Å²) < 4.78 is 1.86. The molecule has 0 fully saturated rings. The lowest BCUT2D eigenvalue weighted by atomic mass is 10.1. The number of aromatic amines is 1. The van der Waals surface area contributed by atoms with E-state index in [1.165, 1.54) is 4.90 Å². The number of aromatic nitrogens is 5. The van der Waals surface area contributed by atoms with Crippen LogP contribution in [0.5, 0.6) is 0 Å². The highest BCUT2D eigenvalue weighted by Gasteiger charge is 2.30. The molecule has 0 bridgehead atoms. The van der Waals surface area contributed by atoms with Crippen LogP contribution in [0, 0.1) is 6.92 Å². The van der Waals surface area contributed by atoms with Crippen LogP contribution in [0.15, 0.2) is 59.4 Å². The number of aliphatic hydroxyl groups is 1. The van der Waals surface area contributed by atoms with E-state index >= 15 is 0 Å². The van der Waals surface area contributed by atoms with Crippen LogP contribution >= 0.6 is 0 Å². The molecule has 34 heavy (non-hydrogen) atoms. The molecule has 4 rings (SSSR count). The highest BCUT2D eigenvalue weighted by molar-refractivity contribution is 5.79. The molecule has 2 unspecified atom stereocenters. The molecule has 0 spiro atoms. The average molecular weight is 462 g/mol. The van der Waals surface area contributed by atoms with Crippen LogP contribution in [0.25, 0.3) is 10.9 Å². The molecule has 0 saturated heterocycles. The Kier molecular flexibility index (Phi) is 7.82. The van der Waals surface area contributed by atoms with Crippen LogP contribution in [-0.2, 0) is 13.1 Å². The Hall–Kier alpha value is -3.36. The van der Waals surface area contributed by atoms with Crippen molar-refractivity contribution in [1.29, 1.82) is 0 Å². The molecule has 2 aromatic heterocycles. The molecule has 2 atom stereocenters. The van der Waals surface area contributed by atoms with Crippen molar-refractivity contribution in [3.63, 3.8) is 0 Å². The molecule has 0 aliphatic heterocycles. The van der Waals surface area contributed by atoms with E-state index in [1.54, 1.807) is 0 Å². The molecule has 2 heterocycles. The maximum absolute atomic E-state index is 12.9. The molecule has 0 amide bonds. The Bertz CT molecular complexity index is 1270. The van der Waals surface area contributed by atoms with Gasteiger partial charge in [0.25, 0.3) is 5.56 Å². The van der Waals surface area contributed by atoms with E-state index < -0.39 is 0 Å². The first-order valence-electron chi connectivity index (χ1n) is 12.0. The lowest BCUT2D eigenvalue weighted by molar-refractivity contribution is -0.946. The normalized spacial score (nSPS) is 13.3. The Balaban J connectivity index is 1.68. The molecule has 8 nitrogen and oxygen atoms in total. The van der Waals surface area contributed by atoms with Crippen LogP contribution in [0.3, 0.4) is 0 Å². The van der Waals surface area contributed by atoms with Crippen molar-refractivity contribution in [3.8, 4) is 0 Å². The number of quaternary nitrogens is 1. The van der Waals surface area contributed by atoms with Crippen molar-refractivity contribution < 1.29 is 10.0 Å². The van der Waals surface area contributed by atoms with Gasteiger partial charge in [0.05, 0.1) is 18.7 Å². The molecule has 8 heteroatoms. The first-order chi connectivity index (χ1) is 16.6. The molecule has 0 aliphatic rings. The van der Waals surface area contributed by atoms with E-state index in [9.17, 15) is 9.90 Å². The summed E-state index contributed by atoms with van der Waals surface area (Å²) in [5, 5.41) is 23.3. The van der Waals surface area contributed by atoms with Crippen LogP contribution in [0.4, 0.5) is 0 Å². The maximum atomic E-state index is 12.9. The molecule has 4 aromatic rings. The van der Waals surface area contributed by atoms with Crippen molar-refractivity contribution >= 4 is 10.9 Å². The van der Waals surface area contributed by atoms with Gasteiger partial charge in [-0.15, -0.1) is 5.10 Å². The quantitative estimate of drug-likeness (QED) is 0.318. The number of rotatable bonds is 11. The Morgan fingerprint density at radius 2 is 1.97 bits per heavy atom. The van der Waals surface area contributed by atoms with E-state index in [1.807, 2.05) is 48.0 Å².